The average molecular weight is 614 g/mol. The maximum absolute atomic E-state index is 13.4. The minimum Gasteiger partial charge on any atom is -0.493 e. The molecule has 0 aliphatic carbocycles. The van der Waals surface area contributed by atoms with Gasteiger partial charge in [0.05, 0.1) is 12.0 Å². The van der Waals surface area contributed by atoms with Gasteiger partial charge in [-0.05, 0) is 47.5 Å². The van der Waals surface area contributed by atoms with Crippen molar-refractivity contribution in [3.05, 3.63) is 98.5 Å². The van der Waals surface area contributed by atoms with Gasteiger partial charge in [0.2, 0.25) is 0 Å². The highest BCUT2D eigenvalue weighted by molar-refractivity contribution is 8.26. The molecule has 1 amide bonds. The number of hydrogen-bond donors (Lipinski definition) is 2. The Labute approximate surface area is 249 Å². The summed E-state index contributed by atoms with van der Waals surface area (Å²) in [6.45, 7) is 0.206. The van der Waals surface area contributed by atoms with Crippen LogP contribution in [0.25, 0.3) is 17.0 Å². The van der Waals surface area contributed by atoms with Crippen LogP contribution in [0, 0.1) is 0 Å². The lowest BCUT2D eigenvalue weighted by Crippen LogP contribution is -2.45. The third kappa shape index (κ3) is 5.83. The molecule has 1 aliphatic heterocycles. The molecular formula is C29H22Cl2N2O5S2. The van der Waals surface area contributed by atoms with Gasteiger partial charge in [0.1, 0.15) is 17.0 Å². The van der Waals surface area contributed by atoms with E-state index < -0.39 is 17.9 Å². The number of fused-ring (bicyclic) bond motifs is 1. The number of nitrogens with zero attached hydrogens (tertiary/aromatic N) is 1. The highest BCUT2D eigenvalue weighted by Crippen LogP contribution is 2.37. The van der Waals surface area contributed by atoms with Crippen LogP contribution in [0.5, 0.6) is 11.5 Å². The molecule has 0 saturated carbocycles. The second-order valence-corrected chi connectivity index (χ2v) is 11.4. The molecule has 2 N–H and O–H groups in total. The van der Waals surface area contributed by atoms with Crippen LogP contribution >= 0.6 is 47.2 Å². The van der Waals surface area contributed by atoms with Gasteiger partial charge in [0.15, 0.2) is 11.5 Å². The zero-order chi connectivity index (χ0) is 28.4. The Balaban J connectivity index is 1.35. The van der Waals surface area contributed by atoms with Gasteiger partial charge >= 0.3 is 5.97 Å². The summed E-state index contributed by atoms with van der Waals surface area (Å²) in [6.07, 6.45) is 3.54. The number of aromatic nitrogens is 1. The Kier molecular flexibility index (Phi) is 8.37. The van der Waals surface area contributed by atoms with Gasteiger partial charge in [-0.2, -0.15) is 0 Å². The fourth-order valence-electron chi connectivity index (χ4n) is 4.39. The van der Waals surface area contributed by atoms with Crippen LogP contribution in [0.15, 0.2) is 71.8 Å². The van der Waals surface area contributed by atoms with E-state index in [0.717, 1.165) is 33.8 Å². The van der Waals surface area contributed by atoms with Crippen molar-refractivity contribution in [1.82, 2.24) is 9.88 Å². The standard InChI is InChI=1S/C29H22Cl2N2O5S2/c1-37-25-10-16(6-9-24(25)38-15-17-7-8-19(30)13-21(17)31)11-26-27(34)33(29(39)40-26)23(28(35)36)12-18-14-32-22-5-3-2-4-20(18)22/h2-11,13-14,23,32H,12,15H2,1H3,(H,35,36)/b26-11-. The quantitative estimate of drug-likeness (QED) is 0.156. The number of amides is 1. The third-order valence-corrected chi connectivity index (χ3v) is 8.31. The maximum atomic E-state index is 13.4. The molecule has 204 valence electrons. The third-order valence-electron chi connectivity index (χ3n) is 6.39. The smallest absolute Gasteiger partial charge is 0.327 e. The van der Waals surface area contributed by atoms with Gasteiger partial charge in [-0.15, -0.1) is 0 Å². The molecule has 11 heteroatoms. The number of carbonyl (C=O) groups excluding carboxylic acids is 1. The van der Waals surface area contributed by atoms with Crippen LogP contribution in [0.3, 0.4) is 0 Å². The summed E-state index contributed by atoms with van der Waals surface area (Å²) in [5.41, 5.74) is 3.12. The van der Waals surface area contributed by atoms with E-state index in [9.17, 15) is 14.7 Å². The molecule has 5 rings (SSSR count). The van der Waals surface area contributed by atoms with Crippen LogP contribution in [0.2, 0.25) is 10.0 Å². The maximum Gasteiger partial charge on any atom is 0.327 e. The highest BCUT2D eigenvalue weighted by atomic mass is 35.5. The normalized spacial score (nSPS) is 15.2. The van der Waals surface area contributed by atoms with Crippen molar-refractivity contribution < 1.29 is 24.2 Å². The first-order valence-corrected chi connectivity index (χ1v) is 14.0. The predicted molar refractivity (Wildman–Crippen MR) is 162 cm³/mol. The van der Waals surface area contributed by atoms with Crippen molar-refractivity contribution in [2.24, 2.45) is 0 Å². The molecule has 0 spiro atoms. The summed E-state index contributed by atoms with van der Waals surface area (Å²) in [5, 5.41) is 12.0. The largest absolute Gasteiger partial charge is 0.493 e. The summed E-state index contributed by atoms with van der Waals surface area (Å²) in [6, 6.07) is 16.9. The Morgan fingerprint density at radius 2 is 1.93 bits per heavy atom. The number of ether oxygens (including phenoxy) is 2. The Bertz CT molecular complexity index is 1670. The molecule has 1 fully saturated rings. The number of aromatic amines is 1. The van der Waals surface area contributed by atoms with E-state index in [4.69, 9.17) is 44.9 Å². The van der Waals surface area contributed by atoms with Crippen LogP contribution < -0.4 is 9.47 Å². The molecule has 3 aromatic carbocycles. The van der Waals surface area contributed by atoms with Crippen molar-refractivity contribution in [3.8, 4) is 11.5 Å². The van der Waals surface area contributed by atoms with Crippen LogP contribution in [0.4, 0.5) is 0 Å². The molecule has 1 atom stereocenters. The van der Waals surface area contributed by atoms with Gasteiger partial charge in [-0.1, -0.05) is 77.5 Å². The van der Waals surface area contributed by atoms with Crippen molar-refractivity contribution in [2.75, 3.05) is 7.11 Å². The van der Waals surface area contributed by atoms with E-state index >= 15 is 0 Å². The number of carboxylic acid groups (broad SMARTS) is 1. The zero-order valence-electron chi connectivity index (χ0n) is 21.0. The summed E-state index contributed by atoms with van der Waals surface area (Å²) in [4.78, 5) is 30.3. The minimum atomic E-state index is -1.15. The lowest BCUT2D eigenvalue weighted by molar-refractivity contribution is -0.145. The number of H-pyrrole nitrogens is 1. The average Bonchev–Trinajstić information content (AvgIpc) is 3.46. The fraction of sp³-hybridized carbons (Fsp3) is 0.138. The van der Waals surface area contributed by atoms with Gasteiger partial charge in [0, 0.05) is 39.1 Å². The minimum absolute atomic E-state index is 0.108. The van der Waals surface area contributed by atoms with Gasteiger partial charge < -0.3 is 19.6 Å². The van der Waals surface area contributed by atoms with E-state index in [1.165, 1.54) is 12.0 Å². The van der Waals surface area contributed by atoms with Gasteiger partial charge in [-0.3, -0.25) is 9.69 Å². The monoisotopic (exact) mass is 612 g/mol. The van der Waals surface area contributed by atoms with Crippen molar-refractivity contribution >= 4 is 80.4 Å². The lowest BCUT2D eigenvalue weighted by Gasteiger charge is -2.23. The van der Waals surface area contributed by atoms with Crippen molar-refractivity contribution in [3.63, 3.8) is 0 Å². The number of carboxylic acids is 1. The Morgan fingerprint density at radius 3 is 2.67 bits per heavy atom. The number of benzene rings is 3. The zero-order valence-corrected chi connectivity index (χ0v) is 24.2. The van der Waals surface area contributed by atoms with E-state index in [-0.39, 0.29) is 17.3 Å². The molecule has 40 heavy (non-hydrogen) atoms. The van der Waals surface area contributed by atoms with E-state index in [1.807, 2.05) is 24.3 Å². The molecular weight excluding hydrogens is 591 g/mol. The first-order chi connectivity index (χ1) is 19.2. The number of para-hydroxylation sites is 1. The van der Waals surface area contributed by atoms with Crippen LogP contribution in [0.1, 0.15) is 16.7 Å². The molecule has 0 radical (unpaired) electrons. The van der Waals surface area contributed by atoms with E-state index in [2.05, 4.69) is 4.98 Å². The number of methoxy groups -OCH3 is 1. The molecule has 1 aromatic heterocycles. The van der Waals surface area contributed by atoms with E-state index in [1.54, 1.807) is 48.7 Å². The van der Waals surface area contributed by atoms with Gasteiger partial charge in [0.25, 0.3) is 5.91 Å². The summed E-state index contributed by atoms with van der Waals surface area (Å²) >= 11 is 18.7. The topological polar surface area (TPSA) is 91.9 Å². The first kappa shape index (κ1) is 28.0. The number of thiocarbonyl (C=S) groups is 1. The van der Waals surface area contributed by atoms with Crippen molar-refractivity contribution in [2.45, 2.75) is 19.1 Å². The second-order valence-electron chi connectivity index (χ2n) is 8.90. The molecule has 0 bridgehead atoms. The molecule has 1 unspecified atom stereocenters. The Morgan fingerprint density at radius 1 is 1.12 bits per heavy atom. The van der Waals surface area contributed by atoms with Crippen molar-refractivity contribution in [1.29, 1.82) is 0 Å². The fourth-order valence-corrected chi connectivity index (χ4v) is 6.20. The summed E-state index contributed by atoms with van der Waals surface area (Å²) in [5.74, 6) is -0.648. The van der Waals surface area contributed by atoms with E-state index in [0.29, 0.717) is 32.0 Å². The molecule has 1 saturated heterocycles. The first-order valence-electron chi connectivity index (χ1n) is 12.0. The van der Waals surface area contributed by atoms with Crippen LogP contribution in [-0.4, -0.2) is 44.3 Å². The number of halogens is 2. The van der Waals surface area contributed by atoms with Crippen LogP contribution in [-0.2, 0) is 22.6 Å². The second kappa shape index (κ2) is 11.9. The predicted octanol–water partition coefficient (Wildman–Crippen LogP) is 6.96. The Hall–Kier alpha value is -3.50. The SMILES string of the molecule is COc1cc(/C=C2\SC(=S)N(C(Cc3c[nH]c4ccccc34)C(=O)O)C2=O)ccc1OCc1ccc(Cl)cc1Cl. The van der Waals surface area contributed by atoms with Gasteiger partial charge in [-0.25, -0.2) is 4.79 Å². The molecule has 4 aromatic rings. The summed E-state index contributed by atoms with van der Waals surface area (Å²) < 4.78 is 11.6. The lowest BCUT2D eigenvalue weighted by atomic mass is 10.0. The molecule has 1 aliphatic rings. The number of rotatable bonds is 9. The number of aliphatic carboxylic acids is 1. The number of carbonyl (C=O) groups is 2. The summed E-state index contributed by atoms with van der Waals surface area (Å²) in [7, 11) is 1.52. The number of hydrogen-bond acceptors (Lipinski definition) is 6. The number of nitrogens with one attached hydrogen (secondary N) is 1. The molecule has 7 nitrogen and oxygen atoms in total. The molecule has 2 heterocycles. The highest BCUT2D eigenvalue weighted by Gasteiger charge is 2.40. The number of thioether (sulfide) groups is 1.